The largest absolute Gasteiger partial charge is 0.347 e. The lowest BCUT2D eigenvalue weighted by molar-refractivity contribution is -0.131. The summed E-state index contributed by atoms with van der Waals surface area (Å²) >= 11 is 3.28. The zero-order valence-corrected chi connectivity index (χ0v) is 18.6. The lowest BCUT2D eigenvalue weighted by Crippen LogP contribution is -2.55. The number of aromatic nitrogens is 1. The Bertz CT molecular complexity index is 1080. The molecule has 2 bridgehead atoms. The van der Waals surface area contributed by atoms with Crippen molar-refractivity contribution in [2.75, 3.05) is 23.7 Å². The highest BCUT2D eigenvalue weighted by atomic mass is 79.9. The van der Waals surface area contributed by atoms with Crippen LogP contribution in [0.4, 0.5) is 5.82 Å². The summed E-state index contributed by atoms with van der Waals surface area (Å²) in [7, 11) is -3.51. The van der Waals surface area contributed by atoms with Crippen molar-refractivity contribution in [3.63, 3.8) is 0 Å². The molecular formula is C21H21BrN4O3S. The molecule has 1 amide bonds. The van der Waals surface area contributed by atoms with Gasteiger partial charge in [-0.2, -0.15) is 5.26 Å². The smallest absolute Gasteiger partial charge is 0.223 e. The lowest BCUT2D eigenvalue weighted by atomic mass is 10.1. The number of nitriles is 1. The number of carbonyl (C=O) groups is 1. The Morgan fingerprint density at radius 2 is 1.93 bits per heavy atom. The molecule has 3 heterocycles. The number of likely N-dealkylation sites (tertiary alicyclic amines) is 1. The van der Waals surface area contributed by atoms with Crippen LogP contribution in [0.2, 0.25) is 0 Å². The second-order valence-electron chi connectivity index (χ2n) is 7.63. The minimum atomic E-state index is -3.51. The molecule has 0 saturated carbocycles. The van der Waals surface area contributed by atoms with Crippen LogP contribution in [0.5, 0.6) is 0 Å². The number of pyridine rings is 1. The number of hydrogen-bond acceptors (Lipinski definition) is 6. The van der Waals surface area contributed by atoms with E-state index in [0.717, 1.165) is 18.7 Å². The Morgan fingerprint density at radius 1 is 1.20 bits per heavy atom. The molecule has 2 atom stereocenters. The van der Waals surface area contributed by atoms with Crippen molar-refractivity contribution >= 4 is 37.5 Å². The molecule has 2 aliphatic heterocycles. The molecule has 0 spiro atoms. The van der Waals surface area contributed by atoms with Crippen LogP contribution in [0.1, 0.15) is 24.8 Å². The summed E-state index contributed by atoms with van der Waals surface area (Å²) in [5, 5.41) is 8.95. The fourth-order valence-electron chi connectivity index (χ4n) is 4.24. The lowest BCUT2D eigenvalue weighted by Gasteiger charge is -2.41. The second-order valence-corrected chi connectivity index (χ2v) is 10.7. The van der Waals surface area contributed by atoms with Crippen LogP contribution in [0.25, 0.3) is 0 Å². The zero-order chi connectivity index (χ0) is 21.3. The van der Waals surface area contributed by atoms with Gasteiger partial charge in [-0.05, 0) is 43.2 Å². The third-order valence-corrected chi connectivity index (χ3v) is 7.92. The number of benzene rings is 1. The van der Waals surface area contributed by atoms with Gasteiger partial charge < -0.3 is 9.80 Å². The highest BCUT2D eigenvalue weighted by Gasteiger charge is 2.42. The van der Waals surface area contributed by atoms with E-state index in [9.17, 15) is 13.2 Å². The summed E-state index contributed by atoms with van der Waals surface area (Å²) in [5.41, 5.74) is 0.520. The first-order valence-electron chi connectivity index (χ1n) is 9.78. The van der Waals surface area contributed by atoms with Gasteiger partial charge in [-0.25, -0.2) is 13.4 Å². The van der Waals surface area contributed by atoms with Crippen molar-refractivity contribution in [2.24, 2.45) is 0 Å². The van der Waals surface area contributed by atoms with Crippen molar-refractivity contribution in [3.05, 3.63) is 52.6 Å². The fourth-order valence-corrected chi connectivity index (χ4v) is 6.07. The van der Waals surface area contributed by atoms with Crippen LogP contribution in [0.15, 0.2) is 52.0 Å². The Morgan fingerprint density at radius 3 is 2.53 bits per heavy atom. The number of carbonyl (C=O) groups excluding carboxylic acids is 1. The van der Waals surface area contributed by atoms with Crippen molar-refractivity contribution in [2.45, 2.75) is 36.2 Å². The molecule has 0 N–H and O–H groups in total. The number of anilines is 1. The van der Waals surface area contributed by atoms with Gasteiger partial charge >= 0.3 is 0 Å². The molecule has 2 unspecified atom stereocenters. The Balaban J connectivity index is 1.39. The normalized spacial score (nSPS) is 20.8. The fraction of sp³-hybridized carbons (Fsp3) is 0.381. The van der Waals surface area contributed by atoms with Crippen LogP contribution in [-0.2, 0) is 14.6 Å². The van der Waals surface area contributed by atoms with E-state index >= 15 is 0 Å². The third kappa shape index (κ3) is 4.20. The third-order valence-electron chi connectivity index (χ3n) is 5.72. The van der Waals surface area contributed by atoms with E-state index < -0.39 is 9.84 Å². The molecule has 2 aromatic rings. The number of piperazine rings is 1. The summed E-state index contributed by atoms with van der Waals surface area (Å²) in [6.07, 6.45) is 3.47. The average molecular weight is 489 g/mol. The minimum Gasteiger partial charge on any atom is -0.347 e. The van der Waals surface area contributed by atoms with Crippen LogP contribution in [0, 0.1) is 11.3 Å². The Kier molecular flexibility index (Phi) is 5.80. The summed E-state index contributed by atoms with van der Waals surface area (Å²) in [5.74, 6) is 0.499. The van der Waals surface area contributed by atoms with E-state index in [1.807, 2.05) is 6.07 Å². The van der Waals surface area contributed by atoms with Crippen LogP contribution in [0.3, 0.4) is 0 Å². The van der Waals surface area contributed by atoms with Crippen molar-refractivity contribution in [1.82, 2.24) is 9.88 Å². The van der Waals surface area contributed by atoms with Gasteiger partial charge in [0.2, 0.25) is 5.91 Å². The summed E-state index contributed by atoms with van der Waals surface area (Å²) in [4.78, 5) is 21.4. The molecule has 156 valence electrons. The van der Waals surface area contributed by atoms with Gasteiger partial charge in [0.25, 0.3) is 0 Å². The van der Waals surface area contributed by atoms with Crippen LogP contribution < -0.4 is 4.90 Å². The quantitative estimate of drug-likeness (QED) is 0.641. The van der Waals surface area contributed by atoms with Gasteiger partial charge in [-0.15, -0.1) is 0 Å². The van der Waals surface area contributed by atoms with E-state index in [1.165, 1.54) is 0 Å². The summed E-state index contributed by atoms with van der Waals surface area (Å²) in [6.45, 7) is 1.13. The van der Waals surface area contributed by atoms with Crippen molar-refractivity contribution < 1.29 is 13.2 Å². The van der Waals surface area contributed by atoms with E-state index in [4.69, 9.17) is 5.26 Å². The van der Waals surface area contributed by atoms with Gasteiger partial charge in [0.05, 0.1) is 16.2 Å². The Hall–Kier alpha value is -2.44. The van der Waals surface area contributed by atoms with Gasteiger partial charge in [0, 0.05) is 42.3 Å². The highest BCUT2D eigenvalue weighted by molar-refractivity contribution is 9.10. The number of nitrogens with zero attached hydrogens (tertiary/aromatic N) is 4. The monoisotopic (exact) mass is 488 g/mol. The van der Waals surface area contributed by atoms with E-state index in [2.05, 4.69) is 31.9 Å². The molecule has 0 radical (unpaired) electrons. The maximum atomic E-state index is 12.8. The van der Waals surface area contributed by atoms with E-state index in [-0.39, 0.29) is 35.1 Å². The second kappa shape index (κ2) is 8.36. The van der Waals surface area contributed by atoms with Crippen LogP contribution in [-0.4, -0.2) is 55.1 Å². The summed E-state index contributed by atoms with van der Waals surface area (Å²) in [6, 6.07) is 12.6. The molecule has 2 fully saturated rings. The highest BCUT2D eigenvalue weighted by Crippen LogP contribution is 2.34. The molecule has 1 aromatic heterocycles. The molecule has 9 heteroatoms. The first-order chi connectivity index (χ1) is 14.4. The maximum Gasteiger partial charge on any atom is 0.223 e. The molecule has 0 aliphatic carbocycles. The molecular weight excluding hydrogens is 468 g/mol. The summed E-state index contributed by atoms with van der Waals surface area (Å²) < 4.78 is 25.8. The average Bonchev–Trinajstić information content (AvgIpc) is 3.01. The predicted octanol–water partition coefficient (Wildman–Crippen LogP) is 2.76. The number of sulfone groups is 1. The molecule has 2 saturated heterocycles. The standard InChI is InChI=1S/C21H21BrN4O3S/c22-16-2-1-3-19(10-16)30(28,29)9-8-21(27)25-13-17-5-6-18(14-25)26(17)20-7-4-15(11-23)12-24-20/h1-4,7,10,12,17-18H,5-6,8-9,13-14H2. The first kappa shape index (κ1) is 20.8. The van der Waals surface area contributed by atoms with E-state index in [1.54, 1.807) is 41.4 Å². The van der Waals surface area contributed by atoms with Gasteiger partial charge in [0.15, 0.2) is 9.84 Å². The van der Waals surface area contributed by atoms with E-state index in [0.29, 0.717) is 23.1 Å². The minimum absolute atomic E-state index is 0.0244. The van der Waals surface area contributed by atoms with Crippen molar-refractivity contribution in [3.8, 4) is 6.07 Å². The first-order valence-corrected chi connectivity index (χ1v) is 12.2. The van der Waals surface area contributed by atoms with Gasteiger partial charge in [-0.3, -0.25) is 4.79 Å². The number of rotatable bonds is 5. The predicted molar refractivity (Wildman–Crippen MR) is 116 cm³/mol. The topological polar surface area (TPSA) is 94.4 Å². The number of fused-ring (bicyclic) bond motifs is 2. The van der Waals surface area contributed by atoms with Crippen LogP contribution >= 0.6 is 15.9 Å². The Labute approximate surface area is 184 Å². The van der Waals surface area contributed by atoms with Crippen molar-refractivity contribution in [1.29, 1.82) is 5.26 Å². The SMILES string of the molecule is N#Cc1ccc(N2C3CCC2CN(C(=O)CCS(=O)(=O)c2cccc(Br)c2)C3)nc1. The zero-order valence-electron chi connectivity index (χ0n) is 16.2. The number of halogens is 1. The van der Waals surface area contributed by atoms with Gasteiger partial charge in [-0.1, -0.05) is 22.0 Å². The number of hydrogen-bond donors (Lipinski definition) is 0. The number of amides is 1. The molecule has 2 aliphatic rings. The molecule has 30 heavy (non-hydrogen) atoms. The molecule has 7 nitrogen and oxygen atoms in total. The molecule has 4 rings (SSSR count). The molecule has 1 aromatic carbocycles. The maximum absolute atomic E-state index is 12.8. The van der Waals surface area contributed by atoms with Gasteiger partial charge in [0.1, 0.15) is 11.9 Å².